The summed E-state index contributed by atoms with van der Waals surface area (Å²) in [5, 5.41) is 3.07. The molecular weight excluding hydrogens is 404 g/mol. The average molecular weight is 431 g/mol. The van der Waals surface area contributed by atoms with Crippen LogP contribution in [0.5, 0.6) is 11.5 Å². The van der Waals surface area contributed by atoms with Crippen LogP contribution in [0, 0.1) is 12.8 Å². The molecule has 2 aliphatic heterocycles. The highest BCUT2D eigenvalue weighted by Gasteiger charge is 2.26. The minimum atomic E-state index is 0.0124. The van der Waals surface area contributed by atoms with Crippen LogP contribution in [-0.4, -0.2) is 35.8 Å². The summed E-state index contributed by atoms with van der Waals surface area (Å²) in [5.41, 5.74) is 3.21. The predicted octanol–water partition coefficient (Wildman–Crippen LogP) is 3.71. The van der Waals surface area contributed by atoms with E-state index in [0.29, 0.717) is 6.54 Å². The summed E-state index contributed by atoms with van der Waals surface area (Å²) >= 11 is 0. The summed E-state index contributed by atoms with van der Waals surface area (Å²) in [6, 6.07) is 15.9. The van der Waals surface area contributed by atoms with E-state index in [1.165, 1.54) is 5.56 Å². The van der Waals surface area contributed by atoms with Gasteiger partial charge in [0.15, 0.2) is 17.3 Å². The third-order valence-electron chi connectivity index (χ3n) is 6.01. The van der Waals surface area contributed by atoms with E-state index < -0.39 is 0 Å². The Bertz CT molecular complexity index is 1130. The van der Waals surface area contributed by atoms with Crippen LogP contribution in [0.15, 0.2) is 54.7 Å². The molecule has 2 aliphatic rings. The lowest BCUT2D eigenvalue weighted by molar-refractivity contribution is -0.125. The number of piperidine rings is 1. The van der Waals surface area contributed by atoms with Crippen LogP contribution < -0.4 is 19.7 Å². The van der Waals surface area contributed by atoms with Gasteiger partial charge in [-0.2, -0.15) is 0 Å². The molecule has 1 saturated heterocycles. The van der Waals surface area contributed by atoms with Crippen LogP contribution in [0.2, 0.25) is 0 Å². The summed E-state index contributed by atoms with van der Waals surface area (Å²) in [7, 11) is 0. The van der Waals surface area contributed by atoms with Gasteiger partial charge in [-0.3, -0.25) is 4.79 Å². The second-order valence-electron chi connectivity index (χ2n) is 8.27. The maximum Gasteiger partial charge on any atom is 0.231 e. The fourth-order valence-corrected chi connectivity index (χ4v) is 4.20. The number of aromatic nitrogens is 2. The first-order valence-corrected chi connectivity index (χ1v) is 11.0. The van der Waals surface area contributed by atoms with Crippen molar-refractivity contribution in [3.8, 4) is 22.9 Å². The first kappa shape index (κ1) is 20.3. The van der Waals surface area contributed by atoms with E-state index in [4.69, 9.17) is 14.5 Å². The predicted molar refractivity (Wildman–Crippen MR) is 122 cm³/mol. The molecule has 164 valence electrons. The topological polar surface area (TPSA) is 76.6 Å². The third-order valence-corrected chi connectivity index (χ3v) is 6.01. The van der Waals surface area contributed by atoms with E-state index in [9.17, 15) is 4.79 Å². The Labute approximate surface area is 187 Å². The van der Waals surface area contributed by atoms with Crippen LogP contribution in [0.1, 0.15) is 24.0 Å². The molecule has 1 fully saturated rings. The molecule has 7 nitrogen and oxygen atoms in total. The Morgan fingerprint density at radius 3 is 2.78 bits per heavy atom. The van der Waals surface area contributed by atoms with Gasteiger partial charge in [-0.05, 0) is 49.6 Å². The van der Waals surface area contributed by atoms with E-state index in [0.717, 1.165) is 60.2 Å². The van der Waals surface area contributed by atoms with Gasteiger partial charge in [0, 0.05) is 37.3 Å². The van der Waals surface area contributed by atoms with Crippen molar-refractivity contribution in [1.82, 2.24) is 15.3 Å². The number of nitrogens with one attached hydrogen (secondary N) is 1. The van der Waals surface area contributed by atoms with Crippen molar-refractivity contribution in [2.24, 2.45) is 5.92 Å². The highest BCUT2D eigenvalue weighted by Crippen LogP contribution is 2.32. The molecule has 0 unspecified atom stereocenters. The Kier molecular flexibility index (Phi) is 5.62. The van der Waals surface area contributed by atoms with Crippen LogP contribution in [0.25, 0.3) is 11.4 Å². The molecular formula is C25H26N4O3. The largest absolute Gasteiger partial charge is 0.454 e. The Balaban J connectivity index is 1.16. The van der Waals surface area contributed by atoms with E-state index in [1.807, 2.05) is 42.6 Å². The zero-order valence-corrected chi connectivity index (χ0v) is 18.1. The van der Waals surface area contributed by atoms with Crippen LogP contribution >= 0.6 is 0 Å². The van der Waals surface area contributed by atoms with Crippen molar-refractivity contribution in [2.45, 2.75) is 26.3 Å². The molecule has 2 aromatic carbocycles. The lowest BCUT2D eigenvalue weighted by Gasteiger charge is -2.32. The minimum absolute atomic E-state index is 0.0124. The van der Waals surface area contributed by atoms with Crippen LogP contribution in [0.3, 0.4) is 0 Å². The number of hydrogen-bond acceptors (Lipinski definition) is 6. The van der Waals surface area contributed by atoms with Gasteiger partial charge in [0.05, 0.1) is 0 Å². The van der Waals surface area contributed by atoms with E-state index in [1.54, 1.807) is 0 Å². The molecule has 32 heavy (non-hydrogen) atoms. The van der Waals surface area contributed by atoms with Gasteiger partial charge in [0.25, 0.3) is 0 Å². The summed E-state index contributed by atoms with van der Waals surface area (Å²) in [6.07, 6.45) is 3.41. The summed E-state index contributed by atoms with van der Waals surface area (Å²) < 4.78 is 10.7. The smallest absolute Gasteiger partial charge is 0.231 e. The molecule has 1 amide bonds. The number of fused-ring (bicyclic) bond motifs is 1. The van der Waals surface area contributed by atoms with Crippen molar-refractivity contribution < 1.29 is 14.3 Å². The summed E-state index contributed by atoms with van der Waals surface area (Å²) in [4.78, 5) is 24.2. The molecule has 7 heteroatoms. The van der Waals surface area contributed by atoms with E-state index in [-0.39, 0.29) is 18.6 Å². The first-order chi connectivity index (χ1) is 15.7. The normalized spacial score (nSPS) is 15.6. The molecule has 0 aliphatic carbocycles. The number of ether oxygens (including phenoxy) is 2. The van der Waals surface area contributed by atoms with Gasteiger partial charge in [-0.1, -0.05) is 29.8 Å². The Hall–Kier alpha value is -3.61. The molecule has 0 radical (unpaired) electrons. The lowest BCUT2D eigenvalue weighted by atomic mass is 9.96. The number of aryl methyl sites for hydroxylation is 1. The zero-order chi connectivity index (χ0) is 21.9. The highest BCUT2D eigenvalue weighted by atomic mass is 16.7. The van der Waals surface area contributed by atoms with E-state index >= 15 is 0 Å². The number of benzene rings is 2. The quantitative estimate of drug-likeness (QED) is 0.665. The molecule has 1 N–H and O–H groups in total. The molecule has 0 bridgehead atoms. The molecule has 5 rings (SSSR count). The fraction of sp³-hybridized carbons (Fsp3) is 0.320. The number of nitrogens with zero attached hydrogens (tertiary/aromatic N) is 3. The molecule has 1 aromatic heterocycles. The van der Waals surface area contributed by atoms with Crippen LogP contribution in [0.4, 0.5) is 5.82 Å². The van der Waals surface area contributed by atoms with Gasteiger partial charge in [-0.15, -0.1) is 0 Å². The number of amides is 1. The SMILES string of the molecule is Cc1cccc(-c2nccc(N3CCC(C(=O)NCc4ccc5c(c4)OCO5)CC3)n2)c1. The molecule has 3 heterocycles. The van der Waals surface area contributed by atoms with Gasteiger partial charge in [-0.25, -0.2) is 9.97 Å². The van der Waals surface area contributed by atoms with Gasteiger partial charge < -0.3 is 19.7 Å². The highest BCUT2D eigenvalue weighted by molar-refractivity contribution is 5.79. The maximum absolute atomic E-state index is 12.7. The average Bonchev–Trinajstić information content (AvgIpc) is 3.31. The Morgan fingerprint density at radius 1 is 1.09 bits per heavy atom. The third kappa shape index (κ3) is 4.37. The second-order valence-corrected chi connectivity index (χ2v) is 8.27. The fourth-order valence-electron chi connectivity index (χ4n) is 4.20. The second kappa shape index (κ2) is 8.86. The van der Waals surface area contributed by atoms with Gasteiger partial charge in [0.1, 0.15) is 5.82 Å². The number of hydrogen-bond donors (Lipinski definition) is 1. The zero-order valence-electron chi connectivity index (χ0n) is 18.1. The molecule has 0 spiro atoms. The molecule has 0 saturated carbocycles. The monoisotopic (exact) mass is 430 g/mol. The van der Waals surface area contributed by atoms with Crippen molar-refractivity contribution in [2.75, 3.05) is 24.8 Å². The summed E-state index contributed by atoms with van der Waals surface area (Å²) in [6.45, 7) is 4.40. The minimum Gasteiger partial charge on any atom is -0.454 e. The van der Waals surface area contributed by atoms with Crippen molar-refractivity contribution >= 4 is 11.7 Å². The van der Waals surface area contributed by atoms with E-state index in [2.05, 4.69) is 34.3 Å². The van der Waals surface area contributed by atoms with Crippen molar-refractivity contribution in [3.63, 3.8) is 0 Å². The first-order valence-electron chi connectivity index (χ1n) is 11.0. The standard InChI is InChI=1S/C25H26N4O3/c1-17-3-2-4-20(13-17)24-26-10-7-23(28-24)29-11-8-19(9-12-29)25(30)27-15-18-5-6-21-22(14-18)32-16-31-21/h2-7,10,13-14,19H,8-9,11-12,15-16H2,1H3,(H,27,30). The number of anilines is 1. The Morgan fingerprint density at radius 2 is 1.94 bits per heavy atom. The van der Waals surface area contributed by atoms with Crippen molar-refractivity contribution in [3.05, 3.63) is 65.9 Å². The summed E-state index contributed by atoms with van der Waals surface area (Å²) in [5.74, 6) is 3.25. The van der Waals surface area contributed by atoms with Crippen LogP contribution in [-0.2, 0) is 11.3 Å². The van der Waals surface area contributed by atoms with Gasteiger partial charge >= 0.3 is 0 Å². The number of carbonyl (C=O) groups is 1. The lowest BCUT2D eigenvalue weighted by Crippen LogP contribution is -2.40. The van der Waals surface area contributed by atoms with Gasteiger partial charge in [0.2, 0.25) is 12.7 Å². The van der Waals surface area contributed by atoms with Crippen molar-refractivity contribution in [1.29, 1.82) is 0 Å². The molecule has 0 atom stereocenters. The number of rotatable bonds is 5. The molecule has 3 aromatic rings. The number of carbonyl (C=O) groups excluding carboxylic acids is 1. The maximum atomic E-state index is 12.7.